The number of likely N-dealkylation sites (N-methyl/N-ethyl adjacent to an activating group) is 1. The number of ether oxygens (including phenoxy) is 2. The van der Waals surface area contributed by atoms with E-state index in [1.807, 2.05) is 6.92 Å². The summed E-state index contributed by atoms with van der Waals surface area (Å²) in [5, 5.41) is 6.63. The van der Waals surface area contributed by atoms with Gasteiger partial charge in [0.05, 0.1) is 12.7 Å². The minimum absolute atomic E-state index is 0. The van der Waals surface area contributed by atoms with E-state index in [4.69, 9.17) is 9.47 Å². The Bertz CT molecular complexity index is 280. The summed E-state index contributed by atoms with van der Waals surface area (Å²) >= 11 is 0. The molecule has 0 aromatic rings. The average molecular weight is 414 g/mol. The Morgan fingerprint density at radius 3 is 2.86 bits per heavy atom. The molecule has 1 heterocycles. The van der Waals surface area contributed by atoms with Gasteiger partial charge in [0.15, 0.2) is 5.96 Å². The minimum atomic E-state index is 0. The number of nitrogens with one attached hydrogen (secondary N) is 2. The molecule has 1 saturated heterocycles. The lowest BCUT2D eigenvalue weighted by Crippen LogP contribution is -2.48. The standard InChI is InChI=1S/C14H30N4O2.HI/c1-4-19-9-6-5-7-16-14(15-2)17-11-13-12-18(3)8-10-20-13;/h13H,4-12H2,1-3H3,(H2,15,16,17);1H. The molecule has 1 aliphatic rings. The lowest BCUT2D eigenvalue weighted by Gasteiger charge is -2.30. The quantitative estimate of drug-likeness (QED) is 0.268. The molecule has 126 valence electrons. The second kappa shape index (κ2) is 13.5. The Morgan fingerprint density at radius 1 is 1.38 bits per heavy atom. The van der Waals surface area contributed by atoms with Crippen LogP contribution in [0.15, 0.2) is 4.99 Å². The fourth-order valence-electron chi connectivity index (χ4n) is 2.10. The highest BCUT2D eigenvalue weighted by Gasteiger charge is 2.17. The largest absolute Gasteiger partial charge is 0.382 e. The molecule has 0 saturated carbocycles. The molecular weight excluding hydrogens is 383 g/mol. The second-order valence-corrected chi connectivity index (χ2v) is 5.04. The number of rotatable bonds is 8. The first-order chi connectivity index (χ1) is 9.76. The molecule has 1 fully saturated rings. The SMILES string of the molecule is CCOCCCCNC(=NC)NCC1CN(C)CCO1.I. The van der Waals surface area contributed by atoms with Crippen LogP contribution in [0.25, 0.3) is 0 Å². The smallest absolute Gasteiger partial charge is 0.191 e. The molecule has 1 unspecified atom stereocenters. The third kappa shape index (κ3) is 10.3. The number of guanidine groups is 1. The molecule has 0 radical (unpaired) electrons. The van der Waals surface area contributed by atoms with Gasteiger partial charge < -0.3 is 25.0 Å². The number of aliphatic imine (C=N–C) groups is 1. The van der Waals surface area contributed by atoms with Crippen LogP contribution in [0.3, 0.4) is 0 Å². The predicted molar refractivity (Wildman–Crippen MR) is 97.7 cm³/mol. The topological polar surface area (TPSA) is 58.1 Å². The lowest BCUT2D eigenvalue weighted by atomic mass is 10.3. The average Bonchev–Trinajstić information content (AvgIpc) is 2.46. The Labute approximate surface area is 146 Å². The summed E-state index contributed by atoms with van der Waals surface area (Å²) in [5.74, 6) is 0.846. The Balaban J connectivity index is 0.00000400. The van der Waals surface area contributed by atoms with Crippen molar-refractivity contribution in [2.45, 2.75) is 25.9 Å². The van der Waals surface area contributed by atoms with Crippen molar-refractivity contribution in [3.8, 4) is 0 Å². The number of unbranched alkanes of at least 4 members (excludes halogenated alkanes) is 1. The summed E-state index contributed by atoms with van der Waals surface area (Å²) in [7, 11) is 3.92. The van der Waals surface area contributed by atoms with Crippen molar-refractivity contribution in [2.75, 3.05) is 60.1 Å². The molecule has 2 N–H and O–H groups in total. The van der Waals surface area contributed by atoms with E-state index < -0.39 is 0 Å². The van der Waals surface area contributed by atoms with Crippen molar-refractivity contribution in [3.63, 3.8) is 0 Å². The van der Waals surface area contributed by atoms with E-state index >= 15 is 0 Å². The zero-order valence-electron chi connectivity index (χ0n) is 13.6. The number of nitrogens with zero attached hydrogens (tertiary/aromatic N) is 2. The summed E-state index contributed by atoms with van der Waals surface area (Å²) in [6, 6.07) is 0. The number of halogens is 1. The highest BCUT2D eigenvalue weighted by Crippen LogP contribution is 2.01. The molecule has 6 nitrogen and oxygen atoms in total. The summed E-state index contributed by atoms with van der Waals surface area (Å²) in [6.45, 7) is 8.17. The first kappa shape index (κ1) is 20.9. The molecule has 1 atom stereocenters. The van der Waals surface area contributed by atoms with E-state index in [0.717, 1.165) is 64.8 Å². The van der Waals surface area contributed by atoms with Crippen LogP contribution < -0.4 is 10.6 Å². The lowest BCUT2D eigenvalue weighted by molar-refractivity contribution is -0.0161. The third-order valence-corrected chi connectivity index (χ3v) is 3.27. The maximum absolute atomic E-state index is 5.71. The molecule has 7 heteroatoms. The van der Waals surface area contributed by atoms with Crippen LogP contribution in [0.4, 0.5) is 0 Å². The van der Waals surface area contributed by atoms with E-state index in [2.05, 4.69) is 27.6 Å². The first-order valence-electron chi connectivity index (χ1n) is 7.58. The van der Waals surface area contributed by atoms with Gasteiger partial charge in [-0.15, -0.1) is 24.0 Å². The second-order valence-electron chi connectivity index (χ2n) is 5.04. The Hall–Kier alpha value is -0.120. The van der Waals surface area contributed by atoms with Gasteiger partial charge in [0.2, 0.25) is 0 Å². The molecular formula is C14H31IN4O2. The molecule has 1 aliphatic heterocycles. The van der Waals surface area contributed by atoms with E-state index in [1.54, 1.807) is 7.05 Å². The van der Waals surface area contributed by atoms with Crippen LogP contribution in [-0.2, 0) is 9.47 Å². The van der Waals surface area contributed by atoms with Crippen LogP contribution in [0, 0.1) is 0 Å². The number of hydrogen-bond acceptors (Lipinski definition) is 4. The number of morpholine rings is 1. The van der Waals surface area contributed by atoms with Gasteiger partial charge in [0.1, 0.15) is 0 Å². The normalized spacial score (nSPS) is 20.0. The maximum Gasteiger partial charge on any atom is 0.191 e. The Morgan fingerprint density at radius 2 is 2.19 bits per heavy atom. The van der Waals surface area contributed by atoms with Crippen LogP contribution in [0.1, 0.15) is 19.8 Å². The molecule has 21 heavy (non-hydrogen) atoms. The zero-order valence-corrected chi connectivity index (χ0v) is 15.9. The van der Waals surface area contributed by atoms with Crippen molar-refractivity contribution in [1.29, 1.82) is 0 Å². The van der Waals surface area contributed by atoms with Crippen molar-refractivity contribution >= 4 is 29.9 Å². The zero-order chi connectivity index (χ0) is 14.6. The van der Waals surface area contributed by atoms with E-state index in [-0.39, 0.29) is 30.1 Å². The van der Waals surface area contributed by atoms with Crippen molar-refractivity contribution in [2.24, 2.45) is 4.99 Å². The first-order valence-corrected chi connectivity index (χ1v) is 7.58. The number of hydrogen-bond donors (Lipinski definition) is 2. The van der Waals surface area contributed by atoms with Gasteiger partial charge in [-0.25, -0.2) is 0 Å². The van der Waals surface area contributed by atoms with Crippen molar-refractivity contribution in [3.05, 3.63) is 0 Å². The maximum atomic E-state index is 5.71. The van der Waals surface area contributed by atoms with E-state index in [1.165, 1.54) is 0 Å². The van der Waals surface area contributed by atoms with E-state index in [0.29, 0.717) is 0 Å². The molecule has 0 aromatic carbocycles. The van der Waals surface area contributed by atoms with Crippen LogP contribution in [0.2, 0.25) is 0 Å². The fraction of sp³-hybridized carbons (Fsp3) is 0.929. The van der Waals surface area contributed by atoms with Gasteiger partial charge in [-0.05, 0) is 26.8 Å². The van der Waals surface area contributed by atoms with E-state index in [9.17, 15) is 0 Å². The molecule has 0 aromatic heterocycles. The highest BCUT2D eigenvalue weighted by molar-refractivity contribution is 14.0. The summed E-state index contributed by atoms with van der Waals surface area (Å²) in [4.78, 5) is 6.51. The fourth-order valence-corrected chi connectivity index (χ4v) is 2.10. The predicted octanol–water partition coefficient (Wildman–Crippen LogP) is 0.917. The van der Waals surface area contributed by atoms with Gasteiger partial charge in [-0.3, -0.25) is 4.99 Å². The van der Waals surface area contributed by atoms with Gasteiger partial charge in [-0.1, -0.05) is 0 Å². The van der Waals surface area contributed by atoms with Crippen LogP contribution >= 0.6 is 24.0 Å². The van der Waals surface area contributed by atoms with Crippen LogP contribution in [0.5, 0.6) is 0 Å². The van der Waals surface area contributed by atoms with Gasteiger partial charge in [-0.2, -0.15) is 0 Å². The highest BCUT2D eigenvalue weighted by atomic mass is 127. The Kier molecular flexibility index (Phi) is 13.5. The van der Waals surface area contributed by atoms with Gasteiger partial charge in [0.25, 0.3) is 0 Å². The minimum Gasteiger partial charge on any atom is -0.382 e. The van der Waals surface area contributed by atoms with Gasteiger partial charge >= 0.3 is 0 Å². The summed E-state index contributed by atoms with van der Waals surface area (Å²) in [5.41, 5.74) is 0. The molecule has 0 amide bonds. The molecule has 1 rings (SSSR count). The van der Waals surface area contributed by atoms with Crippen molar-refractivity contribution in [1.82, 2.24) is 15.5 Å². The molecule has 0 bridgehead atoms. The molecule has 0 spiro atoms. The van der Waals surface area contributed by atoms with Crippen LogP contribution in [-0.4, -0.2) is 77.1 Å². The van der Waals surface area contributed by atoms with Crippen molar-refractivity contribution < 1.29 is 9.47 Å². The monoisotopic (exact) mass is 414 g/mol. The summed E-state index contributed by atoms with van der Waals surface area (Å²) in [6.07, 6.45) is 2.41. The van der Waals surface area contributed by atoms with Gasteiger partial charge in [0, 0.05) is 46.4 Å². The third-order valence-electron chi connectivity index (χ3n) is 3.27. The molecule has 0 aliphatic carbocycles. The summed E-state index contributed by atoms with van der Waals surface area (Å²) < 4.78 is 11.0.